The largest absolute Gasteiger partial charge is 0.496 e. The van der Waals surface area contributed by atoms with E-state index in [2.05, 4.69) is 10.9 Å². The summed E-state index contributed by atoms with van der Waals surface area (Å²) in [5, 5.41) is 0.378. The number of likely N-dealkylation sites (tertiary alicyclic amines) is 1. The molecule has 1 heterocycles. The smallest absolute Gasteiger partial charge is 0.273 e. The Kier molecular flexibility index (Phi) is 6.25. The average Bonchev–Trinajstić information content (AvgIpc) is 2.92. The van der Waals surface area contributed by atoms with Gasteiger partial charge in [0.2, 0.25) is 11.8 Å². The molecule has 1 aliphatic heterocycles. The number of benzene rings is 1. The van der Waals surface area contributed by atoms with E-state index in [0.29, 0.717) is 29.8 Å². The summed E-state index contributed by atoms with van der Waals surface area (Å²) in [4.78, 5) is 38.1. The number of hydrogen-bond acceptors (Lipinski definition) is 4. The van der Waals surface area contributed by atoms with Gasteiger partial charge in [0.15, 0.2) is 0 Å². The Balaban J connectivity index is 1.93. The first kappa shape index (κ1) is 19.1. The molecule has 2 N–H and O–H groups in total. The van der Waals surface area contributed by atoms with Gasteiger partial charge in [-0.1, -0.05) is 25.4 Å². The predicted octanol–water partition coefficient (Wildman–Crippen LogP) is 1.61. The molecule has 0 saturated carbocycles. The number of nitrogens with zero attached hydrogens (tertiary/aromatic N) is 1. The van der Waals surface area contributed by atoms with Crippen LogP contribution in [0.25, 0.3) is 0 Å². The van der Waals surface area contributed by atoms with Crippen LogP contribution in [0.2, 0.25) is 5.02 Å². The van der Waals surface area contributed by atoms with Crippen molar-refractivity contribution in [2.75, 3.05) is 20.2 Å². The molecule has 0 aliphatic carbocycles. The van der Waals surface area contributed by atoms with Crippen molar-refractivity contribution in [1.82, 2.24) is 15.8 Å². The van der Waals surface area contributed by atoms with Gasteiger partial charge in [0, 0.05) is 24.5 Å². The standard InChI is InChI=1S/C17H22ClN3O4/c1-10(2)8-21-9-11(6-15(21)22)16(23)19-20-17(24)13-7-12(18)4-5-14(13)25-3/h4-5,7,10-11H,6,8-9H2,1-3H3,(H,19,23)(H,20,24). The maximum Gasteiger partial charge on any atom is 0.273 e. The second-order valence-corrected chi connectivity index (χ2v) is 6.82. The second-order valence-electron chi connectivity index (χ2n) is 6.38. The summed E-state index contributed by atoms with van der Waals surface area (Å²) in [6, 6.07) is 4.62. The molecule has 1 aromatic rings. The quantitative estimate of drug-likeness (QED) is 0.774. The predicted molar refractivity (Wildman–Crippen MR) is 93.1 cm³/mol. The summed E-state index contributed by atoms with van der Waals surface area (Å²) in [7, 11) is 1.44. The van der Waals surface area contributed by atoms with Gasteiger partial charge in [0.1, 0.15) is 5.75 Å². The van der Waals surface area contributed by atoms with Gasteiger partial charge in [-0.25, -0.2) is 0 Å². The molecule has 1 fully saturated rings. The number of carbonyl (C=O) groups is 3. The monoisotopic (exact) mass is 367 g/mol. The Hall–Kier alpha value is -2.28. The fourth-order valence-electron chi connectivity index (χ4n) is 2.71. The molecular formula is C17H22ClN3O4. The van der Waals surface area contributed by atoms with Crippen molar-refractivity contribution in [3.05, 3.63) is 28.8 Å². The van der Waals surface area contributed by atoms with Crippen molar-refractivity contribution in [2.45, 2.75) is 20.3 Å². The topological polar surface area (TPSA) is 87.7 Å². The summed E-state index contributed by atoms with van der Waals surface area (Å²) in [5.41, 5.74) is 4.92. The summed E-state index contributed by atoms with van der Waals surface area (Å²) in [6.07, 6.45) is 0.148. The van der Waals surface area contributed by atoms with Gasteiger partial charge in [-0.2, -0.15) is 0 Å². The molecule has 8 heteroatoms. The van der Waals surface area contributed by atoms with Gasteiger partial charge in [-0.05, 0) is 24.1 Å². The number of nitrogens with one attached hydrogen (secondary N) is 2. The molecule has 136 valence electrons. The lowest BCUT2D eigenvalue weighted by Gasteiger charge is -2.18. The van der Waals surface area contributed by atoms with Crippen LogP contribution < -0.4 is 15.6 Å². The number of amides is 3. The van der Waals surface area contributed by atoms with Crippen LogP contribution in [-0.2, 0) is 9.59 Å². The van der Waals surface area contributed by atoms with Crippen molar-refractivity contribution in [3.63, 3.8) is 0 Å². The minimum absolute atomic E-state index is 0.0447. The van der Waals surface area contributed by atoms with E-state index >= 15 is 0 Å². The van der Waals surface area contributed by atoms with Crippen LogP contribution in [0.15, 0.2) is 18.2 Å². The molecular weight excluding hydrogens is 346 g/mol. The molecule has 1 aromatic carbocycles. The van der Waals surface area contributed by atoms with Gasteiger partial charge in [-0.3, -0.25) is 25.2 Å². The normalized spacial score (nSPS) is 16.9. The summed E-state index contributed by atoms with van der Waals surface area (Å²) >= 11 is 5.89. The Morgan fingerprint density at radius 3 is 2.72 bits per heavy atom. The molecule has 0 radical (unpaired) electrons. The first-order chi connectivity index (χ1) is 11.8. The zero-order valence-corrected chi connectivity index (χ0v) is 15.2. The maximum atomic E-state index is 12.2. The van der Waals surface area contributed by atoms with Gasteiger partial charge in [-0.15, -0.1) is 0 Å². The van der Waals surface area contributed by atoms with Crippen LogP contribution in [0.5, 0.6) is 5.75 Å². The minimum Gasteiger partial charge on any atom is -0.496 e. The van der Waals surface area contributed by atoms with Crippen molar-refractivity contribution >= 4 is 29.3 Å². The average molecular weight is 368 g/mol. The van der Waals surface area contributed by atoms with E-state index in [0.717, 1.165) is 0 Å². The highest BCUT2D eigenvalue weighted by atomic mass is 35.5. The molecule has 3 amide bonds. The molecule has 25 heavy (non-hydrogen) atoms. The molecule has 7 nitrogen and oxygen atoms in total. The third-order valence-electron chi connectivity index (χ3n) is 3.88. The van der Waals surface area contributed by atoms with Gasteiger partial charge in [0.25, 0.3) is 5.91 Å². The molecule has 1 saturated heterocycles. The van der Waals surface area contributed by atoms with Crippen LogP contribution >= 0.6 is 11.6 Å². The van der Waals surface area contributed by atoms with E-state index in [-0.39, 0.29) is 17.9 Å². The summed E-state index contributed by atoms with van der Waals surface area (Å²) < 4.78 is 5.11. The van der Waals surface area contributed by atoms with Gasteiger partial charge in [0.05, 0.1) is 18.6 Å². The highest BCUT2D eigenvalue weighted by Gasteiger charge is 2.34. The molecule has 1 unspecified atom stereocenters. The highest BCUT2D eigenvalue weighted by molar-refractivity contribution is 6.31. The lowest BCUT2D eigenvalue weighted by atomic mass is 10.1. The maximum absolute atomic E-state index is 12.2. The van der Waals surface area contributed by atoms with Crippen LogP contribution in [0.1, 0.15) is 30.6 Å². The number of ether oxygens (including phenoxy) is 1. The molecule has 2 rings (SSSR count). The van der Waals surface area contributed by atoms with E-state index in [4.69, 9.17) is 16.3 Å². The third-order valence-corrected chi connectivity index (χ3v) is 4.11. The number of hydrazine groups is 1. The SMILES string of the molecule is COc1ccc(Cl)cc1C(=O)NNC(=O)C1CC(=O)N(CC(C)C)C1. The van der Waals surface area contributed by atoms with Crippen LogP contribution in [0, 0.1) is 11.8 Å². The number of halogens is 1. The summed E-state index contributed by atoms with van der Waals surface area (Å²) in [6.45, 7) is 5.01. The molecule has 1 aliphatic rings. The fourth-order valence-corrected chi connectivity index (χ4v) is 2.88. The fraction of sp³-hybridized carbons (Fsp3) is 0.471. The van der Waals surface area contributed by atoms with Crippen molar-refractivity contribution in [1.29, 1.82) is 0 Å². The Morgan fingerprint density at radius 2 is 2.08 bits per heavy atom. The van der Waals surface area contributed by atoms with E-state index in [1.54, 1.807) is 17.0 Å². The van der Waals surface area contributed by atoms with Crippen LogP contribution in [0.4, 0.5) is 0 Å². The number of rotatable bonds is 5. The Bertz CT molecular complexity index is 678. The first-order valence-corrected chi connectivity index (χ1v) is 8.41. The van der Waals surface area contributed by atoms with Crippen LogP contribution in [0.3, 0.4) is 0 Å². The zero-order valence-electron chi connectivity index (χ0n) is 14.5. The van der Waals surface area contributed by atoms with E-state index in [1.165, 1.54) is 13.2 Å². The minimum atomic E-state index is -0.545. The van der Waals surface area contributed by atoms with Crippen molar-refractivity contribution < 1.29 is 19.1 Å². The molecule has 1 atom stereocenters. The van der Waals surface area contributed by atoms with E-state index in [9.17, 15) is 14.4 Å². The molecule has 0 spiro atoms. The number of hydrogen-bond donors (Lipinski definition) is 2. The summed E-state index contributed by atoms with van der Waals surface area (Å²) in [5.74, 6) is -0.787. The number of carbonyl (C=O) groups excluding carboxylic acids is 3. The Labute approximate surface area is 151 Å². The Morgan fingerprint density at radius 1 is 1.36 bits per heavy atom. The lowest BCUT2D eigenvalue weighted by Crippen LogP contribution is -2.45. The van der Waals surface area contributed by atoms with Crippen LogP contribution in [-0.4, -0.2) is 42.8 Å². The number of methoxy groups -OCH3 is 1. The van der Waals surface area contributed by atoms with Crippen molar-refractivity contribution in [3.8, 4) is 5.75 Å². The van der Waals surface area contributed by atoms with Gasteiger partial charge >= 0.3 is 0 Å². The first-order valence-electron chi connectivity index (χ1n) is 8.03. The van der Waals surface area contributed by atoms with Crippen molar-refractivity contribution in [2.24, 2.45) is 11.8 Å². The lowest BCUT2D eigenvalue weighted by molar-refractivity contribution is -0.129. The molecule has 0 aromatic heterocycles. The van der Waals surface area contributed by atoms with E-state index < -0.39 is 17.7 Å². The second kappa shape index (κ2) is 8.20. The van der Waals surface area contributed by atoms with Gasteiger partial charge < -0.3 is 9.64 Å². The highest BCUT2D eigenvalue weighted by Crippen LogP contribution is 2.22. The zero-order chi connectivity index (χ0) is 18.6. The van der Waals surface area contributed by atoms with E-state index in [1.807, 2.05) is 13.8 Å². The third kappa shape index (κ3) is 4.85. The molecule has 0 bridgehead atoms.